The zero-order chi connectivity index (χ0) is 38.8. The summed E-state index contributed by atoms with van der Waals surface area (Å²) in [4.78, 5) is 15.2. The summed E-state index contributed by atoms with van der Waals surface area (Å²) in [5.74, 6) is 1.93. The van der Waals surface area contributed by atoms with Gasteiger partial charge in [0.1, 0.15) is 0 Å². The molecule has 3 heteroatoms. The molecule has 274 valence electrons. The number of hydrogen-bond acceptors (Lipinski definition) is 3. The molecule has 0 bridgehead atoms. The van der Waals surface area contributed by atoms with Crippen molar-refractivity contribution in [2.24, 2.45) is 0 Å². The van der Waals surface area contributed by atoms with Crippen LogP contribution in [0.15, 0.2) is 200 Å². The van der Waals surface area contributed by atoms with Crippen LogP contribution in [0.5, 0.6) is 0 Å². The lowest BCUT2D eigenvalue weighted by molar-refractivity contribution is 0.563. The highest BCUT2D eigenvalue weighted by Crippen LogP contribution is 2.63. The first-order chi connectivity index (χ1) is 28.5. The molecule has 0 amide bonds. The van der Waals surface area contributed by atoms with Gasteiger partial charge in [0.15, 0.2) is 17.5 Å². The SMILES string of the molecule is CC1(C)c2ccccc2C2(c3ccccc3-c3c(-c4ccc(-c5nc(-c6ccccc6)nc(-c6cccc(-c7ccccc7)c6)n5)cc4)cccc32)c2ccccc21. The molecule has 2 aliphatic carbocycles. The van der Waals surface area contributed by atoms with Gasteiger partial charge in [-0.2, -0.15) is 0 Å². The van der Waals surface area contributed by atoms with Gasteiger partial charge in [-0.25, -0.2) is 15.0 Å². The Morgan fingerprint density at radius 2 is 0.707 bits per heavy atom. The third-order valence-electron chi connectivity index (χ3n) is 12.4. The lowest BCUT2D eigenvalue weighted by Crippen LogP contribution is -2.40. The maximum absolute atomic E-state index is 5.11. The number of benzene rings is 8. The summed E-state index contributed by atoms with van der Waals surface area (Å²) in [6.45, 7) is 4.74. The van der Waals surface area contributed by atoms with Crippen LogP contribution in [0.3, 0.4) is 0 Å². The van der Waals surface area contributed by atoms with Crippen LogP contribution in [0.2, 0.25) is 0 Å². The Bertz CT molecular complexity index is 2970. The van der Waals surface area contributed by atoms with Gasteiger partial charge in [0, 0.05) is 22.1 Å². The van der Waals surface area contributed by atoms with Crippen LogP contribution in [0.4, 0.5) is 0 Å². The van der Waals surface area contributed by atoms with Crippen LogP contribution >= 0.6 is 0 Å². The zero-order valence-electron chi connectivity index (χ0n) is 32.4. The first kappa shape index (κ1) is 34.1. The molecule has 0 saturated heterocycles. The Morgan fingerprint density at radius 3 is 1.34 bits per heavy atom. The summed E-state index contributed by atoms with van der Waals surface area (Å²) < 4.78 is 0. The quantitative estimate of drug-likeness (QED) is 0.176. The van der Waals surface area contributed by atoms with Gasteiger partial charge in [-0.3, -0.25) is 0 Å². The van der Waals surface area contributed by atoms with Gasteiger partial charge in [-0.15, -0.1) is 0 Å². The first-order valence-corrected chi connectivity index (χ1v) is 20.0. The Labute approximate surface area is 339 Å². The Morgan fingerprint density at radius 1 is 0.293 bits per heavy atom. The van der Waals surface area contributed by atoms with Crippen molar-refractivity contribution < 1.29 is 0 Å². The Kier molecular flexibility index (Phi) is 7.74. The van der Waals surface area contributed by atoms with Gasteiger partial charge in [0.25, 0.3) is 0 Å². The predicted octanol–water partition coefficient (Wildman–Crippen LogP) is 13.2. The summed E-state index contributed by atoms with van der Waals surface area (Å²) in [7, 11) is 0. The predicted molar refractivity (Wildman–Crippen MR) is 236 cm³/mol. The molecule has 2 aliphatic rings. The van der Waals surface area contributed by atoms with Crippen LogP contribution in [-0.2, 0) is 10.8 Å². The molecule has 0 aliphatic heterocycles. The molecule has 0 radical (unpaired) electrons. The van der Waals surface area contributed by atoms with E-state index in [1.54, 1.807) is 0 Å². The largest absolute Gasteiger partial charge is 0.208 e. The smallest absolute Gasteiger partial charge is 0.164 e. The van der Waals surface area contributed by atoms with Crippen molar-refractivity contribution in [3.8, 4) is 67.5 Å². The van der Waals surface area contributed by atoms with Crippen molar-refractivity contribution >= 4 is 0 Å². The molecule has 0 atom stereocenters. The van der Waals surface area contributed by atoms with Crippen LogP contribution in [0.1, 0.15) is 47.2 Å². The number of nitrogens with zero attached hydrogens (tertiary/aromatic N) is 3. The van der Waals surface area contributed by atoms with Crippen LogP contribution in [-0.4, -0.2) is 15.0 Å². The molecule has 1 spiro atoms. The van der Waals surface area contributed by atoms with Gasteiger partial charge in [-0.05, 0) is 72.8 Å². The molecule has 0 unspecified atom stereocenters. The van der Waals surface area contributed by atoms with Crippen molar-refractivity contribution in [1.82, 2.24) is 15.0 Å². The van der Waals surface area contributed by atoms with Gasteiger partial charge in [-0.1, -0.05) is 208 Å². The van der Waals surface area contributed by atoms with E-state index in [0.29, 0.717) is 17.5 Å². The van der Waals surface area contributed by atoms with Crippen LogP contribution in [0.25, 0.3) is 67.5 Å². The van der Waals surface area contributed by atoms with E-state index in [0.717, 1.165) is 33.4 Å². The van der Waals surface area contributed by atoms with Crippen molar-refractivity contribution in [2.75, 3.05) is 0 Å². The number of rotatable bonds is 5. The Balaban J connectivity index is 1.06. The van der Waals surface area contributed by atoms with E-state index in [4.69, 9.17) is 15.0 Å². The average molecular weight is 742 g/mol. The monoisotopic (exact) mass is 741 g/mol. The topological polar surface area (TPSA) is 38.7 Å². The van der Waals surface area contributed by atoms with Crippen molar-refractivity contribution in [1.29, 1.82) is 0 Å². The third kappa shape index (κ3) is 5.10. The molecule has 1 heterocycles. The minimum absolute atomic E-state index is 0.135. The van der Waals surface area contributed by atoms with E-state index >= 15 is 0 Å². The number of fused-ring (bicyclic) bond motifs is 9. The number of aromatic nitrogens is 3. The summed E-state index contributed by atoms with van der Waals surface area (Å²) in [6.07, 6.45) is 0. The Hall–Kier alpha value is -7.23. The maximum Gasteiger partial charge on any atom is 0.164 e. The van der Waals surface area contributed by atoms with Gasteiger partial charge in [0.05, 0.1) is 5.41 Å². The van der Waals surface area contributed by atoms with Crippen LogP contribution < -0.4 is 0 Å². The van der Waals surface area contributed by atoms with Gasteiger partial charge >= 0.3 is 0 Å². The van der Waals surface area contributed by atoms with Gasteiger partial charge in [0.2, 0.25) is 0 Å². The summed E-state index contributed by atoms with van der Waals surface area (Å²) in [6, 6.07) is 72.0. The first-order valence-electron chi connectivity index (χ1n) is 20.0. The molecule has 0 N–H and O–H groups in total. The summed E-state index contributed by atoms with van der Waals surface area (Å²) in [5.41, 5.74) is 17.6. The van der Waals surface area contributed by atoms with E-state index in [-0.39, 0.29) is 5.41 Å². The molecule has 0 fully saturated rings. The zero-order valence-corrected chi connectivity index (χ0v) is 32.4. The lowest BCUT2D eigenvalue weighted by Gasteiger charge is -2.46. The molecule has 1 aromatic heterocycles. The van der Waals surface area contributed by atoms with Gasteiger partial charge < -0.3 is 0 Å². The highest BCUT2D eigenvalue weighted by Gasteiger charge is 2.53. The maximum atomic E-state index is 5.11. The highest BCUT2D eigenvalue weighted by molar-refractivity contribution is 5.96. The van der Waals surface area contributed by atoms with Crippen molar-refractivity contribution in [3.63, 3.8) is 0 Å². The molecule has 9 aromatic rings. The van der Waals surface area contributed by atoms with E-state index < -0.39 is 5.41 Å². The standard InChI is InChI=1S/C55H39N3/c1-54(2)45-26-11-13-28-47(45)55(48-29-14-12-27-46(48)54)44-25-10-9-23-43(44)50-42(24-16-30-49(50)55)37-31-33-39(34-32-37)52-56-51(38-19-7-4-8-20-38)57-53(58-52)41-22-15-21-40(35-41)36-17-5-3-6-18-36/h3-35H,1-2H3. The third-order valence-corrected chi connectivity index (χ3v) is 12.4. The van der Waals surface area contributed by atoms with E-state index in [1.807, 2.05) is 24.3 Å². The van der Waals surface area contributed by atoms with E-state index in [9.17, 15) is 0 Å². The van der Waals surface area contributed by atoms with Crippen molar-refractivity contribution in [2.45, 2.75) is 24.7 Å². The average Bonchev–Trinajstić information content (AvgIpc) is 3.60. The molecular weight excluding hydrogens is 703 g/mol. The molecular formula is C55H39N3. The molecule has 0 saturated carbocycles. The molecule has 8 aromatic carbocycles. The van der Waals surface area contributed by atoms with Crippen molar-refractivity contribution in [3.05, 3.63) is 234 Å². The second-order valence-electron chi connectivity index (χ2n) is 15.9. The molecule has 58 heavy (non-hydrogen) atoms. The highest BCUT2D eigenvalue weighted by atomic mass is 15.0. The van der Waals surface area contributed by atoms with Crippen LogP contribution in [0, 0.1) is 0 Å². The fourth-order valence-corrected chi connectivity index (χ4v) is 9.77. The summed E-state index contributed by atoms with van der Waals surface area (Å²) in [5, 5.41) is 0. The van der Waals surface area contributed by atoms with E-state index in [1.165, 1.54) is 50.1 Å². The summed E-state index contributed by atoms with van der Waals surface area (Å²) >= 11 is 0. The minimum Gasteiger partial charge on any atom is -0.208 e. The molecule has 3 nitrogen and oxygen atoms in total. The van der Waals surface area contributed by atoms with E-state index in [2.05, 4.69) is 190 Å². The fraction of sp³-hybridized carbons (Fsp3) is 0.0727. The normalized spacial score (nSPS) is 14.0. The molecule has 11 rings (SSSR count). The second-order valence-corrected chi connectivity index (χ2v) is 15.9. The number of hydrogen-bond donors (Lipinski definition) is 0. The fourth-order valence-electron chi connectivity index (χ4n) is 9.77. The lowest BCUT2D eigenvalue weighted by atomic mass is 9.55. The second kappa shape index (κ2) is 13.2. The minimum atomic E-state index is -0.433.